The molecule has 1 aliphatic rings. The Morgan fingerprint density at radius 1 is 1.17 bits per heavy atom. The van der Waals surface area contributed by atoms with Gasteiger partial charge in [0.2, 0.25) is 0 Å². The van der Waals surface area contributed by atoms with E-state index in [2.05, 4.69) is 4.90 Å². The number of β-amino-alcohol motifs (C(OH)–C–C–N with tert-alkyl or cyclic N) is 1. The van der Waals surface area contributed by atoms with Crippen LogP contribution in [0.4, 0.5) is 4.39 Å². The molecule has 1 atom stereocenters. The third kappa shape index (κ3) is 3.75. The van der Waals surface area contributed by atoms with Crippen LogP contribution in [0.2, 0.25) is 0 Å². The number of benzene rings is 2. The molecule has 0 aliphatic carbocycles. The number of hydrogen-bond acceptors (Lipinski definition) is 4. The van der Waals surface area contributed by atoms with E-state index in [1.54, 1.807) is 12.1 Å². The summed E-state index contributed by atoms with van der Waals surface area (Å²) in [6, 6.07) is 12.1. The van der Waals surface area contributed by atoms with Crippen LogP contribution < -0.4 is 4.74 Å². The van der Waals surface area contributed by atoms with Gasteiger partial charge in [-0.25, -0.2) is 4.39 Å². The van der Waals surface area contributed by atoms with Gasteiger partial charge in [0.25, 0.3) is 0 Å². The first-order valence-corrected chi connectivity index (χ1v) is 8.10. The van der Waals surface area contributed by atoms with E-state index in [0.717, 1.165) is 24.2 Å². The fourth-order valence-corrected chi connectivity index (χ4v) is 2.96. The third-order valence-electron chi connectivity index (χ3n) is 4.31. The molecule has 5 heteroatoms. The van der Waals surface area contributed by atoms with E-state index in [9.17, 15) is 9.50 Å². The minimum absolute atomic E-state index is 0.323. The van der Waals surface area contributed by atoms with Crippen molar-refractivity contribution >= 4 is 0 Å². The van der Waals surface area contributed by atoms with Crippen molar-refractivity contribution in [1.82, 2.24) is 4.90 Å². The zero-order valence-corrected chi connectivity index (χ0v) is 13.7. The predicted octanol–water partition coefficient (Wildman–Crippen LogP) is 2.87. The van der Waals surface area contributed by atoms with Crippen molar-refractivity contribution < 1.29 is 19.0 Å². The number of methoxy groups -OCH3 is 1. The van der Waals surface area contributed by atoms with Gasteiger partial charge < -0.3 is 14.6 Å². The Kier molecular flexibility index (Phi) is 5.45. The Labute approximate surface area is 141 Å². The lowest BCUT2D eigenvalue weighted by atomic mass is 10.0. The Morgan fingerprint density at radius 3 is 2.54 bits per heavy atom. The molecule has 0 bridgehead atoms. The minimum Gasteiger partial charge on any atom is -0.496 e. The van der Waals surface area contributed by atoms with Crippen LogP contribution in [0.15, 0.2) is 42.5 Å². The van der Waals surface area contributed by atoms with Crippen molar-refractivity contribution in [2.45, 2.75) is 6.10 Å². The smallest absolute Gasteiger partial charge is 0.134 e. The van der Waals surface area contributed by atoms with Crippen LogP contribution in [0, 0.1) is 5.82 Å². The number of halogens is 1. The van der Waals surface area contributed by atoms with Crippen LogP contribution in [0.5, 0.6) is 5.75 Å². The van der Waals surface area contributed by atoms with E-state index in [0.29, 0.717) is 31.1 Å². The Bertz CT molecular complexity index is 669. The average molecular weight is 331 g/mol. The highest BCUT2D eigenvalue weighted by molar-refractivity contribution is 5.71. The van der Waals surface area contributed by atoms with E-state index in [1.807, 2.05) is 24.3 Å². The molecule has 2 aromatic carbocycles. The molecule has 1 saturated heterocycles. The maximum atomic E-state index is 14.1. The zero-order chi connectivity index (χ0) is 16.9. The molecule has 0 spiro atoms. The van der Waals surface area contributed by atoms with E-state index in [1.165, 1.54) is 13.2 Å². The molecule has 4 nitrogen and oxygen atoms in total. The summed E-state index contributed by atoms with van der Waals surface area (Å²) in [6.45, 7) is 3.66. The van der Waals surface area contributed by atoms with Gasteiger partial charge in [0, 0.05) is 19.6 Å². The highest BCUT2D eigenvalue weighted by Gasteiger charge is 2.17. The van der Waals surface area contributed by atoms with Crippen LogP contribution >= 0.6 is 0 Å². The highest BCUT2D eigenvalue weighted by Crippen LogP contribution is 2.33. The standard InChI is InChI=1S/C19H22FNO3/c1-23-18-4-2-3-16(20)19(18)15-7-5-14(6-8-15)17(22)13-21-9-11-24-12-10-21/h2-8,17,22H,9-13H2,1H3. The van der Waals surface area contributed by atoms with Gasteiger partial charge in [-0.05, 0) is 23.3 Å². The highest BCUT2D eigenvalue weighted by atomic mass is 19.1. The molecule has 1 unspecified atom stereocenters. The van der Waals surface area contributed by atoms with Gasteiger partial charge in [-0.2, -0.15) is 0 Å². The van der Waals surface area contributed by atoms with Crippen molar-refractivity contribution in [3.8, 4) is 16.9 Å². The summed E-state index contributed by atoms with van der Waals surface area (Å²) < 4.78 is 24.7. The first-order valence-electron chi connectivity index (χ1n) is 8.10. The van der Waals surface area contributed by atoms with E-state index < -0.39 is 6.10 Å². The largest absolute Gasteiger partial charge is 0.496 e. The summed E-state index contributed by atoms with van der Waals surface area (Å²) in [5.74, 6) is 0.174. The maximum Gasteiger partial charge on any atom is 0.134 e. The Balaban J connectivity index is 1.76. The molecule has 1 fully saturated rings. The molecular formula is C19H22FNO3. The van der Waals surface area contributed by atoms with E-state index in [4.69, 9.17) is 9.47 Å². The van der Waals surface area contributed by atoms with Crippen LogP contribution in [-0.2, 0) is 4.74 Å². The first kappa shape index (κ1) is 16.9. The fourth-order valence-electron chi connectivity index (χ4n) is 2.96. The second-order valence-corrected chi connectivity index (χ2v) is 5.87. The van der Waals surface area contributed by atoms with Crippen LogP contribution in [0.3, 0.4) is 0 Å². The summed E-state index contributed by atoms with van der Waals surface area (Å²) in [5.41, 5.74) is 1.99. The van der Waals surface area contributed by atoms with Gasteiger partial charge in [-0.1, -0.05) is 30.3 Å². The lowest BCUT2D eigenvalue weighted by Gasteiger charge is -2.28. The molecule has 128 valence electrons. The molecule has 2 aromatic rings. The molecule has 1 N–H and O–H groups in total. The Hall–Kier alpha value is -1.95. The van der Waals surface area contributed by atoms with E-state index in [-0.39, 0.29) is 5.82 Å². The minimum atomic E-state index is -0.570. The third-order valence-corrected chi connectivity index (χ3v) is 4.31. The van der Waals surface area contributed by atoms with Crippen LogP contribution in [0.25, 0.3) is 11.1 Å². The SMILES string of the molecule is COc1cccc(F)c1-c1ccc(C(O)CN2CCOCC2)cc1. The second kappa shape index (κ2) is 7.75. The summed E-state index contributed by atoms with van der Waals surface area (Å²) in [4.78, 5) is 2.18. The lowest BCUT2D eigenvalue weighted by molar-refractivity contribution is 0.0143. The average Bonchev–Trinajstić information content (AvgIpc) is 2.62. The van der Waals surface area contributed by atoms with Gasteiger partial charge in [-0.15, -0.1) is 0 Å². The number of ether oxygens (including phenoxy) is 2. The van der Waals surface area contributed by atoms with Crippen molar-refractivity contribution in [3.05, 3.63) is 53.8 Å². The number of hydrogen-bond donors (Lipinski definition) is 1. The number of aliphatic hydroxyl groups is 1. The molecule has 1 aliphatic heterocycles. The van der Waals surface area contributed by atoms with Gasteiger partial charge in [0.1, 0.15) is 11.6 Å². The molecule has 0 saturated carbocycles. The molecule has 0 amide bonds. The molecule has 0 radical (unpaired) electrons. The number of aliphatic hydroxyl groups excluding tert-OH is 1. The summed E-state index contributed by atoms with van der Waals surface area (Å²) in [7, 11) is 1.53. The number of rotatable bonds is 5. The van der Waals surface area contributed by atoms with Crippen molar-refractivity contribution in [3.63, 3.8) is 0 Å². The van der Waals surface area contributed by atoms with Crippen molar-refractivity contribution in [2.24, 2.45) is 0 Å². The quantitative estimate of drug-likeness (QED) is 0.915. The van der Waals surface area contributed by atoms with Crippen molar-refractivity contribution in [1.29, 1.82) is 0 Å². The molecule has 24 heavy (non-hydrogen) atoms. The fraction of sp³-hybridized carbons (Fsp3) is 0.368. The van der Waals surface area contributed by atoms with Crippen molar-refractivity contribution in [2.75, 3.05) is 40.0 Å². The van der Waals surface area contributed by atoms with Gasteiger partial charge in [-0.3, -0.25) is 4.90 Å². The predicted molar refractivity (Wildman–Crippen MR) is 90.6 cm³/mol. The summed E-state index contributed by atoms with van der Waals surface area (Å²) >= 11 is 0. The molecule has 1 heterocycles. The van der Waals surface area contributed by atoms with Gasteiger partial charge >= 0.3 is 0 Å². The van der Waals surface area contributed by atoms with Crippen LogP contribution in [0.1, 0.15) is 11.7 Å². The topological polar surface area (TPSA) is 41.9 Å². The van der Waals surface area contributed by atoms with Crippen LogP contribution in [-0.4, -0.2) is 50.0 Å². The normalized spacial score (nSPS) is 16.8. The first-order chi connectivity index (χ1) is 11.7. The molecule has 0 aromatic heterocycles. The summed E-state index contributed by atoms with van der Waals surface area (Å²) in [6.07, 6.45) is -0.570. The van der Waals surface area contributed by atoms with Gasteiger partial charge in [0.05, 0.1) is 32.0 Å². The number of morpholine rings is 1. The Morgan fingerprint density at radius 2 is 1.88 bits per heavy atom. The molecular weight excluding hydrogens is 309 g/mol. The zero-order valence-electron chi connectivity index (χ0n) is 13.7. The summed E-state index contributed by atoms with van der Waals surface area (Å²) in [5, 5.41) is 10.4. The van der Waals surface area contributed by atoms with Gasteiger partial charge in [0.15, 0.2) is 0 Å². The molecule has 3 rings (SSSR count). The second-order valence-electron chi connectivity index (χ2n) is 5.87. The monoisotopic (exact) mass is 331 g/mol. The van der Waals surface area contributed by atoms with E-state index >= 15 is 0 Å². The number of nitrogens with zero attached hydrogens (tertiary/aromatic N) is 1. The lowest BCUT2D eigenvalue weighted by Crippen LogP contribution is -2.38. The maximum absolute atomic E-state index is 14.1.